The number of hydrogen-bond acceptors (Lipinski definition) is 4. The summed E-state index contributed by atoms with van der Waals surface area (Å²) in [5, 5.41) is 9.48. The number of ether oxygens (including phenoxy) is 1. The number of carbonyl (C=O) groups is 1. The third-order valence-electron chi connectivity index (χ3n) is 4.97. The van der Waals surface area contributed by atoms with Crippen LogP contribution in [0.5, 0.6) is 0 Å². The number of amides is 1. The molecule has 0 bridgehead atoms. The van der Waals surface area contributed by atoms with E-state index < -0.39 is 0 Å². The highest BCUT2D eigenvalue weighted by Gasteiger charge is 2.30. The van der Waals surface area contributed by atoms with Crippen molar-refractivity contribution in [1.29, 1.82) is 5.26 Å². The van der Waals surface area contributed by atoms with Crippen LogP contribution in [0.3, 0.4) is 0 Å². The molecule has 24 heavy (non-hydrogen) atoms. The highest BCUT2D eigenvalue weighted by Crippen LogP contribution is 2.21. The van der Waals surface area contributed by atoms with Crippen LogP contribution in [0.2, 0.25) is 0 Å². The lowest BCUT2D eigenvalue weighted by atomic mass is 10.1. The zero-order valence-corrected chi connectivity index (χ0v) is 14.1. The van der Waals surface area contributed by atoms with Crippen LogP contribution in [-0.2, 0) is 16.1 Å². The minimum atomic E-state index is -0.255. The summed E-state index contributed by atoms with van der Waals surface area (Å²) in [4.78, 5) is 16.3. The van der Waals surface area contributed by atoms with Crippen LogP contribution in [0.1, 0.15) is 31.2 Å². The molecule has 3 rings (SSSR count). The summed E-state index contributed by atoms with van der Waals surface area (Å²) in [7, 11) is 0. The molecule has 128 valence electrons. The number of benzene rings is 1. The highest BCUT2D eigenvalue weighted by molar-refractivity contribution is 5.77. The summed E-state index contributed by atoms with van der Waals surface area (Å²) in [6.07, 6.45) is 4.79. The lowest BCUT2D eigenvalue weighted by Crippen LogP contribution is -2.54. The van der Waals surface area contributed by atoms with Gasteiger partial charge in [0.05, 0.1) is 12.2 Å². The standard InChI is InChI=1S/C19H25N3O2/c20-12-17-14-22(19(23)15-24-18-8-4-5-9-18)11-10-21(17)13-16-6-2-1-3-7-16/h1-3,6-7,17-18H,4-5,8-11,13-15H2/t17-/m1/s1. The zero-order valence-electron chi connectivity index (χ0n) is 14.1. The van der Waals surface area contributed by atoms with Crippen LogP contribution in [-0.4, -0.2) is 54.1 Å². The maximum Gasteiger partial charge on any atom is 0.248 e. The quantitative estimate of drug-likeness (QED) is 0.832. The SMILES string of the molecule is N#C[C@@H]1CN(C(=O)COC2CCCC2)CCN1Cc1ccccc1. The lowest BCUT2D eigenvalue weighted by molar-refractivity contribution is -0.140. The molecule has 0 aromatic heterocycles. The minimum Gasteiger partial charge on any atom is -0.368 e. The number of rotatable bonds is 5. The second-order valence-electron chi connectivity index (χ2n) is 6.66. The van der Waals surface area contributed by atoms with Gasteiger partial charge >= 0.3 is 0 Å². The van der Waals surface area contributed by atoms with Gasteiger partial charge in [0.25, 0.3) is 0 Å². The van der Waals surface area contributed by atoms with Gasteiger partial charge in [-0.1, -0.05) is 43.2 Å². The molecular formula is C19H25N3O2. The molecule has 1 heterocycles. The Hall–Kier alpha value is -1.90. The van der Waals surface area contributed by atoms with Crippen LogP contribution in [0, 0.1) is 11.3 Å². The van der Waals surface area contributed by atoms with Crippen molar-refractivity contribution in [3.8, 4) is 6.07 Å². The molecule has 1 amide bonds. The molecule has 1 saturated carbocycles. The summed E-state index contributed by atoms with van der Waals surface area (Å²) in [5.74, 6) is 0.0153. The van der Waals surface area contributed by atoms with E-state index in [4.69, 9.17) is 4.74 Å². The van der Waals surface area contributed by atoms with Crippen molar-refractivity contribution >= 4 is 5.91 Å². The number of hydrogen-bond donors (Lipinski definition) is 0. The van der Waals surface area contributed by atoms with Gasteiger partial charge in [0, 0.05) is 26.2 Å². The summed E-state index contributed by atoms with van der Waals surface area (Å²) in [5.41, 5.74) is 1.20. The Morgan fingerprint density at radius 2 is 1.96 bits per heavy atom. The van der Waals surface area contributed by atoms with E-state index in [1.165, 1.54) is 18.4 Å². The molecular weight excluding hydrogens is 302 g/mol. The van der Waals surface area contributed by atoms with E-state index in [1.807, 2.05) is 18.2 Å². The van der Waals surface area contributed by atoms with Gasteiger partial charge in [0.1, 0.15) is 12.6 Å². The van der Waals surface area contributed by atoms with Gasteiger partial charge in [0.15, 0.2) is 0 Å². The maximum atomic E-state index is 12.4. The van der Waals surface area contributed by atoms with Crippen LogP contribution in [0.25, 0.3) is 0 Å². The first-order chi connectivity index (χ1) is 11.8. The summed E-state index contributed by atoms with van der Waals surface area (Å²) >= 11 is 0. The Morgan fingerprint density at radius 3 is 2.67 bits per heavy atom. The smallest absolute Gasteiger partial charge is 0.248 e. The van der Waals surface area contributed by atoms with E-state index in [2.05, 4.69) is 23.1 Å². The predicted molar refractivity (Wildman–Crippen MR) is 91.0 cm³/mol. The molecule has 0 unspecified atom stereocenters. The van der Waals surface area contributed by atoms with Gasteiger partial charge in [-0.3, -0.25) is 9.69 Å². The molecule has 0 spiro atoms. The largest absolute Gasteiger partial charge is 0.368 e. The summed E-state index contributed by atoms with van der Waals surface area (Å²) < 4.78 is 5.72. The molecule has 2 fully saturated rings. The van der Waals surface area contributed by atoms with Gasteiger partial charge < -0.3 is 9.64 Å². The first-order valence-electron chi connectivity index (χ1n) is 8.83. The first-order valence-corrected chi connectivity index (χ1v) is 8.83. The molecule has 1 aliphatic carbocycles. The maximum absolute atomic E-state index is 12.4. The fraction of sp³-hybridized carbons (Fsp3) is 0.579. The van der Waals surface area contributed by atoms with Crippen molar-refractivity contribution in [2.75, 3.05) is 26.2 Å². The lowest BCUT2D eigenvalue weighted by Gasteiger charge is -2.38. The van der Waals surface area contributed by atoms with Crippen molar-refractivity contribution in [1.82, 2.24) is 9.80 Å². The van der Waals surface area contributed by atoms with Crippen molar-refractivity contribution in [2.24, 2.45) is 0 Å². The zero-order chi connectivity index (χ0) is 16.8. The van der Waals surface area contributed by atoms with Crippen LogP contribution in [0.4, 0.5) is 0 Å². The van der Waals surface area contributed by atoms with Crippen molar-refractivity contribution < 1.29 is 9.53 Å². The number of piperazine rings is 1. The Labute approximate surface area is 143 Å². The molecule has 5 nitrogen and oxygen atoms in total. The average molecular weight is 327 g/mol. The van der Waals surface area contributed by atoms with Gasteiger partial charge in [0.2, 0.25) is 5.91 Å². The Bertz CT molecular complexity index is 578. The first kappa shape index (κ1) is 16.9. The molecule has 1 atom stereocenters. The van der Waals surface area contributed by atoms with Crippen molar-refractivity contribution in [2.45, 2.75) is 44.4 Å². The number of nitrogens with zero attached hydrogens (tertiary/aromatic N) is 3. The van der Waals surface area contributed by atoms with Gasteiger partial charge in [-0.25, -0.2) is 0 Å². The molecule has 0 N–H and O–H groups in total. The van der Waals surface area contributed by atoms with E-state index in [9.17, 15) is 10.1 Å². The normalized spacial score (nSPS) is 22.5. The van der Waals surface area contributed by atoms with E-state index in [0.29, 0.717) is 13.1 Å². The summed E-state index contributed by atoms with van der Waals surface area (Å²) in [6, 6.07) is 12.2. The van der Waals surface area contributed by atoms with E-state index in [0.717, 1.165) is 25.9 Å². The topological polar surface area (TPSA) is 56.6 Å². The van der Waals surface area contributed by atoms with Crippen molar-refractivity contribution in [3.05, 3.63) is 35.9 Å². The average Bonchev–Trinajstić information content (AvgIpc) is 3.14. The van der Waals surface area contributed by atoms with Crippen LogP contribution >= 0.6 is 0 Å². The van der Waals surface area contributed by atoms with Crippen LogP contribution in [0.15, 0.2) is 30.3 Å². The Kier molecular flexibility index (Phi) is 5.84. The number of nitriles is 1. The van der Waals surface area contributed by atoms with Gasteiger partial charge in [-0.15, -0.1) is 0 Å². The van der Waals surface area contributed by atoms with E-state index in [1.54, 1.807) is 4.90 Å². The molecule has 1 saturated heterocycles. The third-order valence-corrected chi connectivity index (χ3v) is 4.97. The van der Waals surface area contributed by atoms with Gasteiger partial charge in [-0.05, 0) is 18.4 Å². The van der Waals surface area contributed by atoms with Gasteiger partial charge in [-0.2, -0.15) is 5.26 Å². The molecule has 1 aromatic rings. The fourth-order valence-corrected chi connectivity index (χ4v) is 3.51. The molecule has 2 aliphatic rings. The Balaban J connectivity index is 1.50. The third kappa shape index (κ3) is 4.34. The predicted octanol–water partition coefficient (Wildman–Crippen LogP) is 2.18. The summed E-state index contributed by atoms with van der Waals surface area (Å²) in [6.45, 7) is 2.76. The second-order valence-corrected chi connectivity index (χ2v) is 6.66. The monoisotopic (exact) mass is 327 g/mol. The molecule has 1 aliphatic heterocycles. The fourth-order valence-electron chi connectivity index (χ4n) is 3.51. The highest BCUT2D eigenvalue weighted by atomic mass is 16.5. The molecule has 0 radical (unpaired) electrons. The molecule has 1 aromatic carbocycles. The number of carbonyl (C=O) groups excluding carboxylic acids is 1. The second kappa shape index (κ2) is 8.27. The van der Waals surface area contributed by atoms with E-state index in [-0.39, 0.29) is 24.7 Å². The molecule has 5 heteroatoms. The Morgan fingerprint density at radius 1 is 1.21 bits per heavy atom. The van der Waals surface area contributed by atoms with Crippen molar-refractivity contribution in [3.63, 3.8) is 0 Å². The minimum absolute atomic E-state index is 0.0153. The van der Waals surface area contributed by atoms with E-state index >= 15 is 0 Å². The van der Waals surface area contributed by atoms with Crippen LogP contribution < -0.4 is 0 Å².